The summed E-state index contributed by atoms with van der Waals surface area (Å²) < 4.78 is 0. The number of fused-ring (bicyclic) bond motifs is 1. The molecule has 4 nitrogen and oxygen atoms in total. The van der Waals surface area contributed by atoms with Crippen LogP contribution in [0.3, 0.4) is 0 Å². The first-order chi connectivity index (χ1) is 13.1. The Morgan fingerprint density at radius 3 is 2.74 bits per heavy atom. The number of hydrogen-bond acceptors (Lipinski definition) is 4. The lowest BCUT2D eigenvalue weighted by molar-refractivity contribution is 0.131. The molecule has 3 aromatic heterocycles. The smallest absolute Gasteiger partial charge is 0.0890 e. The van der Waals surface area contributed by atoms with E-state index in [2.05, 4.69) is 58.8 Å². The van der Waals surface area contributed by atoms with E-state index in [1.165, 1.54) is 24.0 Å². The number of aryl methyl sites for hydroxylation is 2. The van der Waals surface area contributed by atoms with Crippen LogP contribution in [-0.4, -0.2) is 32.9 Å². The van der Waals surface area contributed by atoms with Gasteiger partial charge in [0.2, 0.25) is 0 Å². The van der Waals surface area contributed by atoms with Crippen LogP contribution in [0.25, 0.3) is 11.0 Å². The first-order valence-corrected chi connectivity index (χ1v) is 9.97. The average Bonchev–Trinajstić information content (AvgIpc) is 2.66. The van der Waals surface area contributed by atoms with E-state index in [0.29, 0.717) is 12.0 Å². The predicted molar refractivity (Wildman–Crippen MR) is 110 cm³/mol. The summed E-state index contributed by atoms with van der Waals surface area (Å²) >= 11 is 0. The number of aromatic nitrogens is 3. The van der Waals surface area contributed by atoms with Gasteiger partial charge >= 0.3 is 0 Å². The van der Waals surface area contributed by atoms with Crippen molar-refractivity contribution in [2.75, 3.05) is 13.1 Å². The van der Waals surface area contributed by atoms with Crippen LogP contribution in [0.2, 0.25) is 0 Å². The first-order valence-electron chi connectivity index (χ1n) is 9.97. The zero-order chi connectivity index (χ0) is 18.8. The van der Waals surface area contributed by atoms with Gasteiger partial charge in [-0.2, -0.15) is 0 Å². The van der Waals surface area contributed by atoms with Crippen LogP contribution in [0.4, 0.5) is 0 Å². The third kappa shape index (κ3) is 4.16. The van der Waals surface area contributed by atoms with Gasteiger partial charge in [-0.15, -0.1) is 0 Å². The first kappa shape index (κ1) is 18.1. The Balaban J connectivity index is 1.48. The third-order valence-electron chi connectivity index (χ3n) is 5.72. The van der Waals surface area contributed by atoms with E-state index in [1.807, 2.05) is 24.5 Å². The molecular formula is C23H28N4. The molecule has 4 rings (SSSR count). The SMILES string of the molecule is Cc1cc(C[C@H]2CCCN([C@@H](C)c3cnc4cccnc4c3)C2)cc(C)n1. The Kier molecular flexibility index (Phi) is 5.17. The minimum atomic E-state index is 0.368. The van der Waals surface area contributed by atoms with Crippen LogP contribution < -0.4 is 0 Å². The van der Waals surface area contributed by atoms with E-state index in [1.54, 1.807) is 0 Å². The normalized spacial score (nSPS) is 19.3. The highest BCUT2D eigenvalue weighted by molar-refractivity contribution is 5.74. The topological polar surface area (TPSA) is 41.9 Å². The van der Waals surface area contributed by atoms with Crippen LogP contribution in [-0.2, 0) is 6.42 Å². The van der Waals surface area contributed by atoms with Gasteiger partial charge in [0.05, 0.1) is 11.0 Å². The summed E-state index contributed by atoms with van der Waals surface area (Å²) in [6, 6.07) is 11.0. The Labute approximate surface area is 161 Å². The molecular weight excluding hydrogens is 332 g/mol. The van der Waals surface area contributed by atoms with Crippen molar-refractivity contribution in [2.45, 2.75) is 46.1 Å². The lowest BCUT2D eigenvalue weighted by Gasteiger charge is -2.37. The fourth-order valence-electron chi connectivity index (χ4n) is 4.40. The minimum Gasteiger partial charge on any atom is -0.296 e. The van der Waals surface area contributed by atoms with Gasteiger partial charge in [-0.1, -0.05) is 0 Å². The molecule has 1 fully saturated rings. The zero-order valence-electron chi connectivity index (χ0n) is 16.5. The molecule has 0 unspecified atom stereocenters. The molecule has 0 radical (unpaired) electrons. The molecule has 0 aliphatic carbocycles. The third-order valence-corrected chi connectivity index (χ3v) is 5.72. The lowest BCUT2D eigenvalue weighted by atomic mass is 9.90. The summed E-state index contributed by atoms with van der Waals surface area (Å²) in [6.45, 7) is 8.78. The molecule has 1 saturated heterocycles. The molecule has 27 heavy (non-hydrogen) atoms. The Morgan fingerprint density at radius 1 is 1.11 bits per heavy atom. The fraction of sp³-hybridized carbons (Fsp3) is 0.435. The van der Waals surface area contributed by atoms with Crippen molar-refractivity contribution in [1.29, 1.82) is 0 Å². The molecule has 0 bridgehead atoms. The average molecular weight is 361 g/mol. The second-order valence-corrected chi connectivity index (χ2v) is 7.95. The number of hydrogen-bond donors (Lipinski definition) is 0. The summed E-state index contributed by atoms with van der Waals surface area (Å²) in [5.74, 6) is 0.703. The van der Waals surface area contributed by atoms with Gasteiger partial charge in [-0.3, -0.25) is 19.9 Å². The second kappa shape index (κ2) is 7.73. The standard InChI is InChI=1S/C23H28N4/c1-16-10-20(11-17(2)26-16)12-19-6-5-9-27(15-19)18(3)21-13-23-22(25-14-21)7-4-8-24-23/h4,7-8,10-11,13-14,18-19H,5-6,9,12,15H2,1-3H3/t18-,19+/m0/s1. The van der Waals surface area contributed by atoms with Crippen LogP contribution in [0.1, 0.15) is 48.3 Å². The summed E-state index contributed by atoms with van der Waals surface area (Å²) in [6.07, 6.45) is 7.57. The van der Waals surface area contributed by atoms with Crippen molar-refractivity contribution in [3.05, 3.63) is 65.2 Å². The Bertz CT molecular complexity index is 916. The minimum absolute atomic E-state index is 0.368. The van der Waals surface area contributed by atoms with Crippen molar-refractivity contribution >= 4 is 11.0 Å². The molecule has 0 spiro atoms. The Hall–Kier alpha value is -2.33. The summed E-state index contributed by atoms with van der Waals surface area (Å²) in [5.41, 5.74) is 6.89. The maximum atomic E-state index is 4.61. The molecule has 0 N–H and O–H groups in total. The number of nitrogens with zero attached hydrogens (tertiary/aromatic N) is 4. The summed E-state index contributed by atoms with van der Waals surface area (Å²) in [7, 11) is 0. The number of piperidine rings is 1. The van der Waals surface area contributed by atoms with Gasteiger partial charge in [0.25, 0.3) is 0 Å². The van der Waals surface area contributed by atoms with Crippen molar-refractivity contribution < 1.29 is 0 Å². The molecule has 0 saturated carbocycles. The highest BCUT2D eigenvalue weighted by Gasteiger charge is 2.25. The number of pyridine rings is 3. The second-order valence-electron chi connectivity index (χ2n) is 7.95. The molecule has 2 atom stereocenters. The molecule has 1 aliphatic heterocycles. The zero-order valence-corrected chi connectivity index (χ0v) is 16.5. The fourth-order valence-corrected chi connectivity index (χ4v) is 4.40. The predicted octanol–water partition coefficient (Wildman–Crippen LogP) is 4.66. The van der Waals surface area contributed by atoms with Crippen molar-refractivity contribution in [2.24, 2.45) is 5.92 Å². The Morgan fingerprint density at radius 2 is 1.93 bits per heavy atom. The van der Waals surface area contributed by atoms with Crippen LogP contribution >= 0.6 is 0 Å². The van der Waals surface area contributed by atoms with Crippen molar-refractivity contribution in [1.82, 2.24) is 19.9 Å². The van der Waals surface area contributed by atoms with Gasteiger partial charge in [0, 0.05) is 36.4 Å². The molecule has 0 aromatic carbocycles. The van der Waals surface area contributed by atoms with Gasteiger partial charge in [0.1, 0.15) is 0 Å². The maximum Gasteiger partial charge on any atom is 0.0890 e. The lowest BCUT2D eigenvalue weighted by Crippen LogP contribution is -2.38. The molecule has 3 aromatic rings. The maximum absolute atomic E-state index is 4.61. The number of rotatable bonds is 4. The van der Waals surface area contributed by atoms with Crippen LogP contribution in [0.5, 0.6) is 0 Å². The van der Waals surface area contributed by atoms with E-state index in [0.717, 1.165) is 41.9 Å². The van der Waals surface area contributed by atoms with Crippen molar-refractivity contribution in [3.8, 4) is 0 Å². The molecule has 4 heterocycles. The quantitative estimate of drug-likeness (QED) is 0.679. The van der Waals surface area contributed by atoms with Gasteiger partial charge < -0.3 is 0 Å². The molecule has 140 valence electrons. The van der Waals surface area contributed by atoms with Crippen molar-refractivity contribution in [3.63, 3.8) is 0 Å². The van der Waals surface area contributed by atoms with Gasteiger partial charge in [-0.25, -0.2) is 0 Å². The summed E-state index contributed by atoms with van der Waals surface area (Å²) in [5, 5.41) is 0. The van der Waals surface area contributed by atoms with E-state index in [9.17, 15) is 0 Å². The van der Waals surface area contributed by atoms with Crippen LogP contribution in [0, 0.1) is 19.8 Å². The molecule has 1 aliphatic rings. The van der Waals surface area contributed by atoms with E-state index in [4.69, 9.17) is 0 Å². The highest BCUT2D eigenvalue weighted by atomic mass is 15.2. The van der Waals surface area contributed by atoms with E-state index in [-0.39, 0.29) is 0 Å². The highest BCUT2D eigenvalue weighted by Crippen LogP contribution is 2.29. The van der Waals surface area contributed by atoms with E-state index < -0.39 is 0 Å². The molecule has 4 heteroatoms. The van der Waals surface area contributed by atoms with Gasteiger partial charge in [-0.05, 0) is 94.0 Å². The number of likely N-dealkylation sites (tertiary alicyclic amines) is 1. The monoisotopic (exact) mass is 360 g/mol. The van der Waals surface area contributed by atoms with Crippen LogP contribution in [0.15, 0.2) is 42.7 Å². The summed E-state index contributed by atoms with van der Waals surface area (Å²) in [4.78, 5) is 16.2. The van der Waals surface area contributed by atoms with Gasteiger partial charge in [0.15, 0.2) is 0 Å². The van der Waals surface area contributed by atoms with E-state index >= 15 is 0 Å². The molecule has 0 amide bonds. The largest absolute Gasteiger partial charge is 0.296 e.